The number of hydrogen-bond acceptors (Lipinski definition) is 2. The normalized spacial score (nSPS) is 20.9. The van der Waals surface area contributed by atoms with Crippen LogP contribution in [0.2, 0.25) is 0 Å². The third-order valence-corrected chi connectivity index (χ3v) is 2.95. The molecule has 0 aromatic carbocycles. The van der Waals surface area contributed by atoms with E-state index in [-0.39, 0.29) is 17.0 Å². The van der Waals surface area contributed by atoms with E-state index < -0.39 is 5.82 Å². The van der Waals surface area contributed by atoms with E-state index in [0.29, 0.717) is 13.1 Å². The molecule has 1 unspecified atom stereocenters. The van der Waals surface area contributed by atoms with Crippen LogP contribution in [0.4, 0.5) is 4.39 Å². The Kier molecular flexibility index (Phi) is 3.39. The Morgan fingerprint density at radius 1 is 1.56 bits per heavy atom. The first-order chi connectivity index (χ1) is 7.66. The number of carbonyl (C=O) groups excluding carboxylic acids is 1. The second-order valence-electron chi connectivity index (χ2n) is 3.85. The fraction of sp³-hybridized carbons (Fsp3) is 0.455. The molecule has 0 bridgehead atoms. The summed E-state index contributed by atoms with van der Waals surface area (Å²) in [7, 11) is 0. The molecule has 2 heterocycles. The Morgan fingerprint density at radius 3 is 3.00 bits per heavy atom. The highest BCUT2D eigenvalue weighted by molar-refractivity contribution is 6.21. The van der Waals surface area contributed by atoms with Crippen LogP contribution in [0.5, 0.6) is 0 Å². The average Bonchev–Trinajstić information content (AvgIpc) is 2.29. The van der Waals surface area contributed by atoms with Gasteiger partial charge in [0.2, 0.25) is 0 Å². The topological polar surface area (TPSA) is 33.2 Å². The van der Waals surface area contributed by atoms with E-state index in [1.54, 1.807) is 4.90 Å². The zero-order valence-corrected chi connectivity index (χ0v) is 9.45. The van der Waals surface area contributed by atoms with Crippen molar-refractivity contribution in [2.75, 3.05) is 13.1 Å². The summed E-state index contributed by atoms with van der Waals surface area (Å²) < 4.78 is 12.6. The van der Waals surface area contributed by atoms with Crippen LogP contribution in [-0.4, -0.2) is 34.3 Å². The minimum absolute atomic E-state index is 0.0122. The first-order valence-electron chi connectivity index (χ1n) is 5.22. The van der Waals surface area contributed by atoms with Gasteiger partial charge in [0.1, 0.15) is 11.5 Å². The van der Waals surface area contributed by atoms with Gasteiger partial charge in [-0.3, -0.25) is 4.79 Å². The third-order valence-electron chi connectivity index (χ3n) is 2.60. The number of nitrogens with zero attached hydrogens (tertiary/aromatic N) is 2. The molecule has 1 amide bonds. The van der Waals surface area contributed by atoms with Gasteiger partial charge in [-0.2, -0.15) is 0 Å². The van der Waals surface area contributed by atoms with Crippen molar-refractivity contribution in [2.24, 2.45) is 0 Å². The molecule has 0 spiro atoms. The van der Waals surface area contributed by atoms with Crippen molar-refractivity contribution in [3.63, 3.8) is 0 Å². The van der Waals surface area contributed by atoms with Gasteiger partial charge in [-0.05, 0) is 25.0 Å². The summed E-state index contributed by atoms with van der Waals surface area (Å²) >= 11 is 5.99. The zero-order valence-electron chi connectivity index (χ0n) is 8.70. The van der Waals surface area contributed by atoms with Gasteiger partial charge in [0.05, 0.1) is 11.6 Å². The van der Waals surface area contributed by atoms with Crippen molar-refractivity contribution in [2.45, 2.75) is 18.2 Å². The molecule has 3 nitrogen and oxygen atoms in total. The summed E-state index contributed by atoms with van der Waals surface area (Å²) in [6, 6.07) is 2.64. The van der Waals surface area contributed by atoms with Crippen LogP contribution in [0.3, 0.4) is 0 Å². The molecule has 2 rings (SSSR count). The van der Waals surface area contributed by atoms with Gasteiger partial charge in [-0.1, -0.05) is 0 Å². The van der Waals surface area contributed by atoms with Gasteiger partial charge in [-0.15, -0.1) is 11.6 Å². The molecule has 1 saturated heterocycles. The number of likely N-dealkylation sites (tertiary alicyclic amines) is 1. The predicted octanol–water partition coefficient (Wildman–Crippen LogP) is 2.06. The Hall–Kier alpha value is -1.16. The van der Waals surface area contributed by atoms with Crippen molar-refractivity contribution in [1.29, 1.82) is 0 Å². The maximum atomic E-state index is 12.6. The van der Waals surface area contributed by atoms with Crippen molar-refractivity contribution in [1.82, 2.24) is 9.88 Å². The molecule has 1 fully saturated rings. The van der Waals surface area contributed by atoms with Crippen LogP contribution < -0.4 is 0 Å². The van der Waals surface area contributed by atoms with Crippen molar-refractivity contribution >= 4 is 17.5 Å². The smallest absolute Gasteiger partial charge is 0.272 e. The summed E-state index contributed by atoms with van der Waals surface area (Å²) in [4.78, 5) is 17.4. The summed E-state index contributed by atoms with van der Waals surface area (Å²) in [5.74, 6) is -0.615. The average molecular weight is 243 g/mol. The van der Waals surface area contributed by atoms with Gasteiger partial charge in [0, 0.05) is 13.1 Å². The maximum absolute atomic E-state index is 12.6. The van der Waals surface area contributed by atoms with Crippen molar-refractivity contribution in [3.8, 4) is 0 Å². The first-order valence-corrected chi connectivity index (χ1v) is 5.65. The molecule has 1 aromatic heterocycles. The lowest BCUT2D eigenvalue weighted by molar-refractivity contribution is 0.0721. The Labute approximate surface area is 98.2 Å². The second kappa shape index (κ2) is 4.78. The number of pyridine rings is 1. The molecule has 0 aliphatic carbocycles. The van der Waals surface area contributed by atoms with Gasteiger partial charge in [-0.25, -0.2) is 9.37 Å². The number of hydrogen-bond donors (Lipinski definition) is 0. The van der Waals surface area contributed by atoms with Crippen LogP contribution >= 0.6 is 11.6 Å². The Balaban J connectivity index is 2.09. The van der Waals surface area contributed by atoms with Crippen LogP contribution in [-0.2, 0) is 0 Å². The molecule has 1 aliphatic heterocycles. The van der Waals surface area contributed by atoms with Crippen molar-refractivity contribution < 1.29 is 9.18 Å². The summed E-state index contributed by atoms with van der Waals surface area (Å²) in [5, 5.41) is 0.0122. The number of aromatic nitrogens is 1. The summed E-state index contributed by atoms with van der Waals surface area (Å²) in [6.45, 7) is 1.24. The van der Waals surface area contributed by atoms with Gasteiger partial charge < -0.3 is 4.90 Å². The second-order valence-corrected chi connectivity index (χ2v) is 4.47. The zero-order chi connectivity index (χ0) is 11.5. The highest BCUT2D eigenvalue weighted by atomic mass is 35.5. The molecule has 0 radical (unpaired) electrons. The molecule has 0 N–H and O–H groups in total. The number of piperidine rings is 1. The van der Waals surface area contributed by atoms with Gasteiger partial charge in [0.25, 0.3) is 5.91 Å². The van der Waals surface area contributed by atoms with Crippen LogP contribution in [0.25, 0.3) is 0 Å². The standard InChI is InChI=1S/C11H12ClFN2O/c12-8-2-1-5-15(7-8)11(16)10-4-3-9(13)6-14-10/h3-4,6,8H,1-2,5,7H2. The van der Waals surface area contributed by atoms with E-state index in [0.717, 1.165) is 19.0 Å². The van der Waals surface area contributed by atoms with E-state index in [2.05, 4.69) is 4.98 Å². The van der Waals surface area contributed by atoms with Gasteiger partial charge in [0.15, 0.2) is 0 Å². The summed E-state index contributed by atoms with van der Waals surface area (Å²) in [5.41, 5.74) is 0.271. The lowest BCUT2D eigenvalue weighted by atomic mass is 10.1. The molecule has 16 heavy (non-hydrogen) atoms. The van der Waals surface area contributed by atoms with E-state index in [9.17, 15) is 9.18 Å². The van der Waals surface area contributed by atoms with E-state index in [1.165, 1.54) is 12.1 Å². The molecule has 1 atom stereocenters. The van der Waals surface area contributed by atoms with Crippen LogP contribution in [0.1, 0.15) is 23.3 Å². The lowest BCUT2D eigenvalue weighted by Crippen LogP contribution is -2.40. The van der Waals surface area contributed by atoms with E-state index in [4.69, 9.17) is 11.6 Å². The fourth-order valence-electron chi connectivity index (χ4n) is 1.77. The van der Waals surface area contributed by atoms with E-state index >= 15 is 0 Å². The number of halogens is 2. The van der Waals surface area contributed by atoms with Crippen LogP contribution in [0.15, 0.2) is 18.3 Å². The SMILES string of the molecule is O=C(c1ccc(F)cn1)N1CCCC(Cl)C1. The lowest BCUT2D eigenvalue weighted by Gasteiger charge is -2.29. The monoisotopic (exact) mass is 242 g/mol. The Morgan fingerprint density at radius 2 is 2.38 bits per heavy atom. The number of rotatable bonds is 1. The molecule has 86 valence electrons. The van der Waals surface area contributed by atoms with Gasteiger partial charge >= 0.3 is 0 Å². The quantitative estimate of drug-likeness (QED) is 0.707. The minimum Gasteiger partial charge on any atom is -0.336 e. The highest BCUT2D eigenvalue weighted by Gasteiger charge is 2.23. The van der Waals surface area contributed by atoms with E-state index in [1.807, 2.05) is 0 Å². The number of alkyl halides is 1. The maximum Gasteiger partial charge on any atom is 0.272 e. The molecule has 5 heteroatoms. The highest BCUT2D eigenvalue weighted by Crippen LogP contribution is 2.16. The first kappa shape index (κ1) is 11.3. The molecule has 0 saturated carbocycles. The number of amides is 1. The van der Waals surface area contributed by atoms with Crippen LogP contribution in [0, 0.1) is 5.82 Å². The predicted molar refractivity (Wildman–Crippen MR) is 59.0 cm³/mol. The Bertz CT molecular complexity index is 382. The molecule has 1 aliphatic rings. The van der Waals surface area contributed by atoms with Crippen molar-refractivity contribution in [3.05, 3.63) is 29.8 Å². The fourth-order valence-corrected chi connectivity index (χ4v) is 2.10. The number of carbonyl (C=O) groups is 1. The molecular formula is C11H12ClFN2O. The minimum atomic E-state index is -0.439. The molecule has 1 aromatic rings. The molecular weight excluding hydrogens is 231 g/mol. The third kappa shape index (κ3) is 2.50. The largest absolute Gasteiger partial charge is 0.336 e. The summed E-state index contributed by atoms with van der Waals surface area (Å²) in [6.07, 6.45) is 2.89.